The second-order valence-electron chi connectivity index (χ2n) is 5.80. The van der Waals surface area contributed by atoms with Crippen molar-refractivity contribution in [2.24, 2.45) is 5.92 Å². The van der Waals surface area contributed by atoms with E-state index in [0.717, 1.165) is 12.5 Å². The molecule has 3 nitrogen and oxygen atoms in total. The highest BCUT2D eigenvalue weighted by Gasteiger charge is 2.41. The summed E-state index contributed by atoms with van der Waals surface area (Å²) in [6.45, 7) is 4.96. The van der Waals surface area contributed by atoms with Crippen LogP contribution in [-0.4, -0.2) is 48.3 Å². The SMILES string of the molecule is CCN(CCC1CCCC1(CO)NC)C1CC1. The summed E-state index contributed by atoms with van der Waals surface area (Å²) < 4.78 is 0. The molecule has 2 unspecified atom stereocenters. The quantitative estimate of drug-likeness (QED) is 0.710. The van der Waals surface area contributed by atoms with E-state index in [-0.39, 0.29) is 5.54 Å². The van der Waals surface area contributed by atoms with Gasteiger partial charge in [-0.25, -0.2) is 0 Å². The van der Waals surface area contributed by atoms with Gasteiger partial charge in [-0.3, -0.25) is 0 Å². The van der Waals surface area contributed by atoms with Crippen LogP contribution in [0, 0.1) is 5.92 Å². The molecule has 2 aliphatic rings. The molecule has 0 amide bonds. The fourth-order valence-corrected chi connectivity index (χ4v) is 3.54. The molecule has 2 N–H and O–H groups in total. The summed E-state index contributed by atoms with van der Waals surface area (Å²) in [6, 6.07) is 0.875. The lowest BCUT2D eigenvalue weighted by Crippen LogP contribution is -2.50. The first-order chi connectivity index (χ1) is 8.25. The monoisotopic (exact) mass is 240 g/mol. The van der Waals surface area contributed by atoms with E-state index >= 15 is 0 Å². The highest BCUT2D eigenvalue weighted by atomic mass is 16.3. The third-order valence-electron chi connectivity index (χ3n) is 4.97. The van der Waals surface area contributed by atoms with Crippen molar-refractivity contribution in [1.29, 1.82) is 0 Å². The van der Waals surface area contributed by atoms with Crippen molar-refractivity contribution in [2.45, 2.75) is 57.0 Å². The molecule has 3 heteroatoms. The van der Waals surface area contributed by atoms with Crippen molar-refractivity contribution in [2.75, 3.05) is 26.7 Å². The van der Waals surface area contributed by atoms with Gasteiger partial charge in [0.15, 0.2) is 0 Å². The molecule has 2 atom stereocenters. The van der Waals surface area contributed by atoms with E-state index in [9.17, 15) is 5.11 Å². The number of hydrogen-bond donors (Lipinski definition) is 2. The van der Waals surface area contributed by atoms with Gasteiger partial charge in [-0.15, -0.1) is 0 Å². The molecule has 0 heterocycles. The summed E-state index contributed by atoms with van der Waals surface area (Å²) in [7, 11) is 2.01. The van der Waals surface area contributed by atoms with E-state index in [2.05, 4.69) is 17.1 Å². The number of likely N-dealkylation sites (N-methyl/N-ethyl adjacent to an activating group) is 1. The minimum atomic E-state index is 0.0168. The summed E-state index contributed by atoms with van der Waals surface area (Å²) in [5, 5.41) is 13.1. The number of aliphatic hydroxyl groups is 1. The number of rotatable bonds is 7. The molecule has 2 aliphatic carbocycles. The van der Waals surface area contributed by atoms with Gasteiger partial charge in [-0.1, -0.05) is 13.3 Å². The summed E-state index contributed by atoms with van der Waals surface area (Å²) in [4.78, 5) is 2.62. The Morgan fingerprint density at radius 1 is 1.35 bits per heavy atom. The molecule has 2 fully saturated rings. The van der Waals surface area contributed by atoms with Gasteiger partial charge in [0.1, 0.15) is 0 Å². The van der Waals surface area contributed by atoms with E-state index in [1.54, 1.807) is 0 Å². The molecule has 17 heavy (non-hydrogen) atoms. The number of hydrogen-bond acceptors (Lipinski definition) is 3. The number of nitrogens with one attached hydrogen (secondary N) is 1. The molecule has 2 saturated carbocycles. The summed E-state index contributed by atoms with van der Waals surface area (Å²) in [5.74, 6) is 0.658. The van der Waals surface area contributed by atoms with Crippen molar-refractivity contribution >= 4 is 0 Å². The van der Waals surface area contributed by atoms with Crippen LogP contribution in [-0.2, 0) is 0 Å². The van der Waals surface area contributed by atoms with Crippen LogP contribution in [0.4, 0.5) is 0 Å². The Morgan fingerprint density at radius 2 is 2.12 bits per heavy atom. The first-order valence-corrected chi connectivity index (χ1v) is 7.29. The second kappa shape index (κ2) is 5.68. The van der Waals surface area contributed by atoms with Crippen molar-refractivity contribution in [3.8, 4) is 0 Å². The average Bonchev–Trinajstić information content (AvgIpc) is 3.11. The van der Waals surface area contributed by atoms with Gasteiger partial charge in [0, 0.05) is 11.6 Å². The first-order valence-electron chi connectivity index (χ1n) is 7.29. The zero-order chi connectivity index (χ0) is 12.3. The van der Waals surface area contributed by atoms with Gasteiger partial charge in [-0.05, 0) is 58.2 Å². The van der Waals surface area contributed by atoms with Crippen LogP contribution in [0.5, 0.6) is 0 Å². The normalized spacial score (nSPS) is 33.5. The minimum Gasteiger partial charge on any atom is -0.394 e. The maximum Gasteiger partial charge on any atom is 0.0615 e. The molecule has 100 valence electrons. The van der Waals surface area contributed by atoms with E-state index in [1.807, 2.05) is 7.05 Å². The molecular weight excluding hydrogens is 212 g/mol. The predicted octanol–water partition coefficient (Wildman–Crippen LogP) is 1.61. The Labute approximate surface area is 106 Å². The van der Waals surface area contributed by atoms with Crippen molar-refractivity contribution in [3.63, 3.8) is 0 Å². The number of aliphatic hydroxyl groups excluding tert-OH is 1. The summed E-state index contributed by atoms with van der Waals surface area (Å²) in [6.07, 6.45) is 7.72. The Kier molecular flexibility index (Phi) is 4.45. The van der Waals surface area contributed by atoms with Crippen LogP contribution >= 0.6 is 0 Å². The highest BCUT2D eigenvalue weighted by molar-refractivity contribution is 4.98. The van der Waals surface area contributed by atoms with E-state index in [4.69, 9.17) is 0 Å². The van der Waals surface area contributed by atoms with E-state index in [1.165, 1.54) is 45.2 Å². The molecule has 0 aliphatic heterocycles. The third-order valence-corrected chi connectivity index (χ3v) is 4.97. The van der Waals surface area contributed by atoms with E-state index < -0.39 is 0 Å². The predicted molar refractivity (Wildman–Crippen MR) is 71.1 cm³/mol. The van der Waals surface area contributed by atoms with Crippen LogP contribution in [0.3, 0.4) is 0 Å². The maximum atomic E-state index is 9.65. The number of nitrogens with zero attached hydrogens (tertiary/aromatic N) is 1. The molecule has 2 rings (SSSR count). The van der Waals surface area contributed by atoms with Gasteiger partial charge in [0.05, 0.1) is 6.61 Å². The third kappa shape index (κ3) is 2.83. The molecule has 0 spiro atoms. The average molecular weight is 240 g/mol. The van der Waals surface area contributed by atoms with Gasteiger partial charge < -0.3 is 15.3 Å². The molecular formula is C14H28N2O. The Hall–Kier alpha value is -0.120. The summed E-state index contributed by atoms with van der Waals surface area (Å²) in [5.41, 5.74) is 0.0168. The van der Waals surface area contributed by atoms with Gasteiger partial charge in [0.25, 0.3) is 0 Å². The van der Waals surface area contributed by atoms with Crippen LogP contribution < -0.4 is 5.32 Å². The van der Waals surface area contributed by atoms with Crippen LogP contribution in [0.25, 0.3) is 0 Å². The fraction of sp³-hybridized carbons (Fsp3) is 1.00. The van der Waals surface area contributed by atoms with Gasteiger partial charge >= 0.3 is 0 Å². The second-order valence-corrected chi connectivity index (χ2v) is 5.80. The van der Waals surface area contributed by atoms with Crippen molar-refractivity contribution in [1.82, 2.24) is 10.2 Å². The Balaban J connectivity index is 1.84. The van der Waals surface area contributed by atoms with Crippen LogP contribution in [0.2, 0.25) is 0 Å². The maximum absolute atomic E-state index is 9.65. The Morgan fingerprint density at radius 3 is 2.65 bits per heavy atom. The fourth-order valence-electron chi connectivity index (χ4n) is 3.54. The molecule has 0 bridgehead atoms. The zero-order valence-electron chi connectivity index (χ0n) is 11.4. The lowest BCUT2D eigenvalue weighted by Gasteiger charge is -2.35. The van der Waals surface area contributed by atoms with E-state index in [0.29, 0.717) is 12.5 Å². The van der Waals surface area contributed by atoms with Crippen molar-refractivity contribution in [3.05, 3.63) is 0 Å². The van der Waals surface area contributed by atoms with Crippen molar-refractivity contribution < 1.29 is 5.11 Å². The standard InChI is InChI=1S/C14H28N2O/c1-3-16(13-6-7-13)10-8-12-5-4-9-14(12,11-17)15-2/h12-13,15,17H,3-11H2,1-2H3. The van der Waals surface area contributed by atoms with Crippen LogP contribution in [0.15, 0.2) is 0 Å². The lowest BCUT2D eigenvalue weighted by molar-refractivity contribution is 0.117. The zero-order valence-corrected chi connectivity index (χ0v) is 11.4. The first kappa shape index (κ1) is 13.3. The molecule has 0 radical (unpaired) electrons. The van der Waals surface area contributed by atoms with Gasteiger partial charge in [-0.2, -0.15) is 0 Å². The largest absolute Gasteiger partial charge is 0.394 e. The lowest BCUT2D eigenvalue weighted by atomic mass is 9.85. The molecule has 0 saturated heterocycles. The Bertz CT molecular complexity index is 236. The molecule has 0 aromatic heterocycles. The molecule has 0 aromatic carbocycles. The van der Waals surface area contributed by atoms with Gasteiger partial charge in [0.2, 0.25) is 0 Å². The summed E-state index contributed by atoms with van der Waals surface area (Å²) >= 11 is 0. The molecule has 0 aromatic rings. The van der Waals surface area contributed by atoms with Crippen LogP contribution in [0.1, 0.15) is 45.4 Å². The topological polar surface area (TPSA) is 35.5 Å². The smallest absolute Gasteiger partial charge is 0.0615 e. The highest BCUT2D eigenvalue weighted by Crippen LogP contribution is 2.38. The minimum absolute atomic E-state index is 0.0168.